The first-order valence-electron chi connectivity index (χ1n) is 26.3. The molecule has 0 amide bonds. The summed E-state index contributed by atoms with van der Waals surface area (Å²) in [4.78, 5) is 0. The minimum Gasteiger partial charge on any atom is -0.907 e. The van der Waals surface area contributed by atoms with Crippen LogP contribution in [-0.2, 0) is 0 Å². The average Bonchev–Trinajstić information content (AvgIpc) is 3.61. The van der Waals surface area contributed by atoms with Gasteiger partial charge in [-0.25, -0.2) is 0 Å². The Kier molecular flexibility index (Phi) is 18.5. The van der Waals surface area contributed by atoms with Gasteiger partial charge in [0.2, 0.25) is 0 Å². The second-order valence-corrected chi connectivity index (χ2v) is 18.3. The average molecular weight is 1030 g/mol. The molecule has 0 unspecified atom stereocenters. The van der Waals surface area contributed by atoms with E-state index >= 15 is 0 Å². The molecule has 0 saturated carbocycles. The SMILES string of the molecule is [O-]B([O-])[O-].c1ccc([N+](c2ccccc2)(c2ccccc2)c2ccccc2)cc1.c1ccc([N+](c2ccccc2)(c2ccccc2)c2ccccc2)cc1.c1ccc([N+](c2ccccc2)(c2ccccc2)c2ccccc2)cc1. The van der Waals surface area contributed by atoms with Crippen LogP contribution in [0.3, 0.4) is 0 Å². The predicted octanol–water partition coefficient (Wildman–Crippen LogP) is 17.0. The lowest BCUT2D eigenvalue weighted by molar-refractivity contribution is -0.479. The molecule has 384 valence electrons. The number of quaternary nitrogens is 3. The van der Waals surface area contributed by atoms with Crippen LogP contribution in [0.2, 0.25) is 0 Å². The number of hydrogen-bond acceptors (Lipinski definition) is 3. The van der Waals surface area contributed by atoms with E-state index in [-0.39, 0.29) is 0 Å². The zero-order valence-electron chi connectivity index (χ0n) is 43.8. The Morgan fingerprint density at radius 3 is 0.266 bits per heavy atom. The summed E-state index contributed by atoms with van der Waals surface area (Å²) in [6.07, 6.45) is 0. The Morgan fingerprint density at radius 2 is 0.203 bits per heavy atom. The molecular formula is C72H60BN3O3. The van der Waals surface area contributed by atoms with Crippen LogP contribution in [0, 0.1) is 0 Å². The van der Waals surface area contributed by atoms with Crippen molar-refractivity contribution in [2.75, 3.05) is 0 Å². The number of hydrogen-bond donors (Lipinski definition) is 0. The largest absolute Gasteiger partial charge is 0.907 e. The Hall–Kier alpha value is -9.54. The quantitative estimate of drug-likeness (QED) is 0.0904. The molecule has 0 saturated heterocycles. The molecule has 0 aliphatic carbocycles. The molecule has 12 aromatic rings. The lowest BCUT2D eigenvalue weighted by Crippen LogP contribution is -2.56. The van der Waals surface area contributed by atoms with Crippen LogP contribution < -0.4 is 28.5 Å². The monoisotopic (exact) mass is 1030 g/mol. The third kappa shape index (κ3) is 12.0. The normalized spacial score (nSPS) is 11.0. The van der Waals surface area contributed by atoms with Crippen molar-refractivity contribution in [1.29, 1.82) is 0 Å². The Bertz CT molecular complexity index is 2720. The fourth-order valence-corrected chi connectivity index (χ4v) is 10.5. The highest BCUT2D eigenvalue weighted by molar-refractivity contribution is 6.24. The molecule has 0 fully saturated rings. The van der Waals surface area contributed by atoms with Gasteiger partial charge in [0.25, 0.3) is 0 Å². The predicted molar refractivity (Wildman–Crippen MR) is 325 cm³/mol. The van der Waals surface area contributed by atoms with Gasteiger partial charge in [0, 0.05) is 146 Å². The van der Waals surface area contributed by atoms with Gasteiger partial charge in [0.05, 0.1) is 0 Å². The van der Waals surface area contributed by atoms with Crippen LogP contribution in [0.1, 0.15) is 0 Å². The Balaban J connectivity index is 0.000000139. The minimum atomic E-state index is -2.92. The van der Waals surface area contributed by atoms with Gasteiger partial charge in [0.15, 0.2) is 0 Å². The third-order valence-corrected chi connectivity index (χ3v) is 13.7. The molecule has 12 aromatic carbocycles. The fourth-order valence-electron chi connectivity index (χ4n) is 10.5. The third-order valence-electron chi connectivity index (χ3n) is 13.7. The van der Waals surface area contributed by atoms with Crippen molar-refractivity contribution in [3.63, 3.8) is 0 Å². The van der Waals surface area contributed by atoms with E-state index < -0.39 is 7.32 Å². The Morgan fingerprint density at radius 1 is 0.139 bits per heavy atom. The first-order valence-corrected chi connectivity index (χ1v) is 26.3. The van der Waals surface area contributed by atoms with Crippen molar-refractivity contribution in [2.24, 2.45) is 0 Å². The second-order valence-electron chi connectivity index (χ2n) is 18.3. The van der Waals surface area contributed by atoms with E-state index in [0.717, 1.165) is 0 Å². The highest BCUT2D eigenvalue weighted by Gasteiger charge is 2.41. The standard InChI is InChI=1S/3C24H20N.BO3/c3*1-5-13-21(14-6-1)25(22-15-7-2-8-16-22,23-17-9-3-10-18-23)24-19-11-4-12-20-24;2-1(3)4/h3*1-20H;/q3*+1;-3. The molecule has 0 aromatic heterocycles. The summed E-state index contributed by atoms with van der Waals surface area (Å²) in [6, 6.07) is 128. The maximum absolute atomic E-state index is 8.42. The molecule has 0 N–H and O–H groups in total. The molecule has 0 aliphatic rings. The van der Waals surface area contributed by atoms with E-state index in [4.69, 9.17) is 15.1 Å². The van der Waals surface area contributed by atoms with E-state index in [1.165, 1.54) is 68.2 Å². The molecule has 12 rings (SSSR count). The van der Waals surface area contributed by atoms with Gasteiger partial charge in [-0.3, -0.25) is 7.32 Å². The topological polar surface area (TPSA) is 69.2 Å². The van der Waals surface area contributed by atoms with Crippen LogP contribution in [-0.4, -0.2) is 7.32 Å². The number of benzene rings is 12. The van der Waals surface area contributed by atoms with Gasteiger partial charge in [-0.05, 0) is 0 Å². The fraction of sp³-hybridized carbons (Fsp3) is 0. The highest BCUT2D eigenvalue weighted by Crippen LogP contribution is 2.53. The first kappa shape index (κ1) is 54.3. The van der Waals surface area contributed by atoms with Gasteiger partial charge in [-0.1, -0.05) is 218 Å². The molecule has 0 atom stereocenters. The van der Waals surface area contributed by atoms with Crippen molar-refractivity contribution in [1.82, 2.24) is 13.4 Å². The van der Waals surface area contributed by atoms with Crippen LogP contribution in [0.25, 0.3) is 0 Å². The van der Waals surface area contributed by atoms with E-state index in [1.54, 1.807) is 0 Å². The summed E-state index contributed by atoms with van der Waals surface area (Å²) in [5, 5.41) is 25.2. The van der Waals surface area contributed by atoms with Crippen molar-refractivity contribution in [3.8, 4) is 0 Å². The molecular weight excluding hydrogens is 966 g/mol. The molecule has 0 bridgehead atoms. The summed E-state index contributed by atoms with van der Waals surface area (Å²) in [5.41, 5.74) is 14.6. The highest BCUT2D eigenvalue weighted by atomic mass is 16.5. The molecule has 6 nitrogen and oxygen atoms in total. The lowest BCUT2D eigenvalue weighted by Gasteiger charge is -2.37. The van der Waals surface area contributed by atoms with Crippen molar-refractivity contribution in [3.05, 3.63) is 364 Å². The molecule has 0 spiro atoms. The number of nitrogens with zero attached hydrogens (tertiary/aromatic N) is 3. The van der Waals surface area contributed by atoms with Gasteiger partial charge in [-0.15, -0.1) is 0 Å². The molecule has 0 aliphatic heterocycles. The summed E-state index contributed by atoms with van der Waals surface area (Å²) < 4.78 is 1.68. The minimum absolute atomic E-state index is 0.559. The number of para-hydroxylation sites is 12. The summed E-state index contributed by atoms with van der Waals surface area (Å²) in [5.74, 6) is 0. The van der Waals surface area contributed by atoms with Gasteiger partial charge in [0.1, 0.15) is 68.2 Å². The first-order chi connectivity index (χ1) is 39.0. The molecule has 7 heteroatoms. The van der Waals surface area contributed by atoms with Gasteiger partial charge >= 0.3 is 0 Å². The van der Waals surface area contributed by atoms with Crippen molar-refractivity contribution >= 4 is 75.6 Å². The van der Waals surface area contributed by atoms with Gasteiger partial charge < -0.3 is 15.1 Å². The summed E-state index contributed by atoms with van der Waals surface area (Å²) >= 11 is 0. The summed E-state index contributed by atoms with van der Waals surface area (Å²) in [6.45, 7) is 0. The Labute approximate surface area is 465 Å². The second kappa shape index (κ2) is 27.0. The van der Waals surface area contributed by atoms with E-state index in [9.17, 15) is 0 Å². The lowest BCUT2D eigenvalue weighted by atomic mass is 10.1. The van der Waals surface area contributed by atoms with Crippen LogP contribution in [0.4, 0.5) is 68.2 Å². The summed E-state index contributed by atoms with van der Waals surface area (Å²) in [7, 11) is -2.92. The van der Waals surface area contributed by atoms with Crippen molar-refractivity contribution < 1.29 is 15.1 Å². The van der Waals surface area contributed by atoms with Crippen LogP contribution in [0.5, 0.6) is 0 Å². The zero-order chi connectivity index (χ0) is 54.4. The van der Waals surface area contributed by atoms with Crippen LogP contribution in [0.15, 0.2) is 364 Å². The van der Waals surface area contributed by atoms with Gasteiger partial charge in [-0.2, -0.15) is 13.4 Å². The molecule has 0 radical (unpaired) electrons. The maximum Gasteiger partial charge on any atom is 0.148 e. The number of rotatable bonds is 12. The van der Waals surface area contributed by atoms with E-state index in [0.29, 0.717) is 13.4 Å². The van der Waals surface area contributed by atoms with Crippen molar-refractivity contribution in [2.45, 2.75) is 0 Å². The van der Waals surface area contributed by atoms with E-state index in [2.05, 4.69) is 364 Å². The zero-order valence-corrected chi connectivity index (χ0v) is 43.8. The maximum atomic E-state index is 8.42. The molecule has 0 heterocycles. The van der Waals surface area contributed by atoms with Crippen LogP contribution >= 0.6 is 0 Å². The molecule has 79 heavy (non-hydrogen) atoms. The van der Waals surface area contributed by atoms with E-state index in [1.807, 2.05) is 0 Å². The smallest absolute Gasteiger partial charge is 0.148 e.